The molecule has 222 valence electrons. The van der Waals surface area contributed by atoms with Crippen LogP contribution in [0.3, 0.4) is 0 Å². The zero-order valence-corrected chi connectivity index (χ0v) is 26.2. The van der Waals surface area contributed by atoms with Crippen LogP contribution >= 0.6 is 23.2 Å². The topological polar surface area (TPSA) is 43.9 Å². The number of para-hydroxylation sites is 1. The fourth-order valence-corrected chi connectivity index (χ4v) is 7.02. The molecule has 3 aromatic rings. The van der Waals surface area contributed by atoms with Gasteiger partial charge in [0.2, 0.25) is 5.91 Å². The maximum absolute atomic E-state index is 14.2. The zero-order valence-electron chi connectivity index (χ0n) is 24.7. The van der Waals surface area contributed by atoms with E-state index < -0.39 is 0 Å². The van der Waals surface area contributed by atoms with Gasteiger partial charge in [-0.25, -0.2) is 4.39 Å². The highest BCUT2D eigenvalue weighted by Gasteiger charge is 2.45. The Morgan fingerprint density at radius 3 is 2.31 bits per heavy atom. The van der Waals surface area contributed by atoms with E-state index in [2.05, 4.69) is 23.1 Å². The number of carbonyl (C=O) groups is 2. The van der Waals surface area contributed by atoms with Gasteiger partial charge in [0.25, 0.3) is 5.91 Å². The van der Waals surface area contributed by atoms with Crippen molar-refractivity contribution in [1.82, 2.24) is 9.80 Å². The number of amides is 2. The predicted molar refractivity (Wildman–Crippen MR) is 168 cm³/mol. The summed E-state index contributed by atoms with van der Waals surface area (Å²) in [6, 6.07) is 17.3. The van der Waals surface area contributed by atoms with Crippen LogP contribution in [0, 0.1) is 19.7 Å². The molecule has 0 radical (unpaired) electrons. The molecule has 2 heterocycles. The highest BCUT2D eigenvalue weighted by molar-refractivity contribution is 6.42. The monoisotopic (exact) mass is 609 g/mol. The number of rotatable bonds is 7. The van der Waals surface area contributed by atoms with Crippen molar-refractivity contribution < 1.29 is 14.0 Å². The number of carbonyl (C=O) groups excluding carboxylic acids is 2. The van der Waals surface area contributed by atoms with Crippen molar-refractivity contribution in [3.05, 3.63) is 98.3 Å². The number of hydrogen-bond acceptors (Lipinski definition) is 3. The molecule has 1 spiro atoms. The third-order valence-corrected chi connectivity index (χ3v) is 9.89. The highest BCUT2D eigenvalue weighted by Crippen LogP contribution is 2.47. The number of fused-ring (bicyclic) bond motifs is 2. The molecular weight excluding hydrogens is 572 g/mol. The molecule has 5 nitrogen and oxygen atoms in total. The lowest BCUT2D eigenvalue weighted by atomic mass is 9.74. The first-order chi connectivity index (χ1) is 20.0. The highest BCUT2D eigenvalue weighted by atomic mass is 35.5. The van der Waals surface area contributed by atoms with Crippen LogP contribution in [0.15, 0.2) is 54.6 Å². The van der Waals surface area contributed by atoms with E-state index in [1.807, 2.05) is 29.2 Å². The summed E-state index contributed by atoms with van der Waals surface area (Å²) in [6.45, 7) is 9.00. The standard InChI is InChI=1S/C34H38Cl2FN3O2/c1-22-17-27(18-23(2)32(22)37)33(42)38(4)20-26(25-9-10-29(35)30(36)19-25)11-14-39-15-12-34(13-16-39)21-40(24(3)41)31-8-6-5-7-28(31)34/h5-10,17-19,26H,11-16,20-21H2,1-4H3. The van der Waals surface area contributed by atoms with Crippen LogP contribution in [0.2, 0.25) is 10.0 Å². The molecule has 2 aliphatic rings. The van der Waals surface area contributed by atoms with Crippen LogP contribution in [0.1, 0.15) is 64.7 Å². The van der Waals surface area contributed by atoms with E-state index in [9.17, 15) is 14.0 Å². The smallest absolute Gasteiger partial charge is 0.253 e. The largest absolute Gasteiger partial charge is 0.341 e. The first kappa shape index (κ1) is 30.5. The second-order valence-electron chi connectivity index (χ2n) is 12.0. The van der Waals surface area contributed by atoms with Crippen LogP contribution in [-0.2, 0) is 10.2 Å². The molecule has 0 aliphatic carbocycles. The normalized spacial score (nSPS) is 16.9. The number of likely N-dealkylation sites (tertiary alicyclic amines) is 1. The van der Waals surface area contributed by atoms with Crippen molar-refractivity contribution in [1.29, 1.82) is 0 Å². The van der Waals surface area contributed by atoms with Crippen molar-refractivity contribution >= 4 is 40.7 Å². The summed E-state index contributed by atoms with van der Waals surface area (Å²) in [5, 5.41) is 0.992. The van der Waals surface area contributed by atoms with Gasteiger partial charge in [0.15, 0.2) is 0 Å². The molecule has 5 rings (SSSR count). The van der Waals surface area contributed by atoms with Crippen molar-refractivity contribution in [2.24, 2.45) is 0 Å². The minimum Gasteiger partial charge on any atom is -0.341 e. The minimum atomic E-state index is -0.277. The molecule has 42 heavy (non-hydrogen) atoms. The van der Waals surface area contributed by atoms with Crippen molar-refractivity contribution in [3.8, 4) is 0 Å². The van der Waals surface area contributed by atoms with Crippen molar-refractivity contribution in [2.75, 3.05) is 44.7 Å². The molecule has 8 heteroatoms. The molecule has 3 aromatic carbocycles. The van der Waals surface area contributed by atoms with Gasteiger partial charge in [-0.15, -0.1) is 0 Å². The van der Waals surface area contributed by atoms with Crippen LogP contribution in [-0.4, -0.2) is 61.4 Å². The van der Waals surface area contributed by atoms with Gasteiger partial charge in [0.1, 0.15) is 5.82 Å². The fourth-order valence-electron chi connectivity index (χ4n) is 6.71. The minimum absolute atomic E-state index is 0.0000734. The summed E-state index contributed by atoms with van der Waals surface area (Å²) in [6.07, 6.45) is 2.82. The maximum Gasteiger partial charge on any atom is 0.253 e. The molecule has 0 N–H and O–H groups in total. The maximum atomic E-state index is 14.2. The second kappa shape index (κ2) is 12.4. The van der Waals surface area contributed by atoms with Gasteiger partial charge in [-0.2, -0.15) is 0 Å². The molecule has 1 atom stereocenters. The molecule has 0 saturated carbocycles. The molecule has 2 amide bonds. The Labute approximate surface area is 258 Å². The molecule has 1 unspecified atom stereocenters. The third kappa shape index (κ3) is 6.08. The predicted octanol–water partition coefficient (Wildman–Crippen LogP) is 7.40. The number of hydrogen-bond donors (Lipinski definition) is 0. The van der Waals surface area contributed by atoms with E-state index in [0.29, 0.717) is 33.3 Å². The van der Waals surface area contributed by atoms with Crippen LogP contribution in [0.4, 0.5) is 10.1 Å². The van der Waals surface area contributed by atoms with E-state index in [0.717, 1.165) is 56.7 Å². The Kier molecular flexibility index (Phi) is 8.98. The van der Waals surface area contributed by atoms with Gasteiger partial charge in [-0.05, 0) is 105 Å². The Hall–Kier alpha value is -2.93. The summed E-state index contributed by atoms with van der Waals surface area (Å²) in [7, 11) is 1.80. The van der Waals surface area contributed by atoms with Crippen molar-refractivity contribution in [3.63, 3.8) is 0 Å². The molecular formula is C34H38Cl2FN3O2. The quantitative estimate of drug-likeness (QED) is 0.280. The number of aryl methyl sites for hydroxylation is 2. The summed E-state index contributed by atoms with van der Waals surface area (Å²) in [5.74, 6) is -0.286. The summed E-state index contributed by atoms with van der Waals surface area (Å²) in [4.78, 5) is 31.9. The van der Waals surface area contributed by atoms with Gasteiger partial charge < -0.3 is 14.7 Å². The summed E-state index contributed by atoms with van der Waals surface area (Å²) < 4.78 is 14.2. The Bertz CT molecular complexity index is 1480. The summed E-state index contributed by atoms with van der Waals surface area (Å²) >= 11 is 12.6. The molecule has 1 fully saturated rings. The Balaban J connectivity index is 1.28. The molecule has 0 bridgehead atoms. The number of nitrogens with zero attached hydrogens (tertiary/aromatic N) is 3. The fraction of sp³-hybridized carbons (Fsp3) is 0.412. The van der Waals surface area contributed by atoms with Gasteiger partial charge in [0, 0.05) is 49.6 Å². The average Bonchev–Trinajstić information content (AvgIpc) is 3.29. The lowest BCUT2D eigenvalue weighted by molar-refractivity contribution is -0.116. The van der Waals surface area contributed by atoms with Gasteiger partial charge in [-0.1, -0.05) is 47.5 Å². The number of halogens is 3. The first-order valence-electron chi connectivity index (χ1n) is 14.6. The summed E-state index contributed by atoms with van der Waals surface area (Å²) in [5.41, 5.74) is 4.79. The number of anilines is 1. The van der Waals surface area contributed by atoms with E-state index in [1.165, 1.54) is 5.56 Å². The van der Waals surface area contributed by atoms with Gasteiger partial charge in [0.05, 0.1) is 10.0 Å². The second-order valence-corrected chi connectivity index (χ2v) is 12.8. The zero-order chi connectivity index (χ0) is 30.2. The molecule has 2 aliphatic heterocycles. The van der Waals surface area contributed by atoms with E-state index in [4.69, 9.17) is 23.2 Å². The molecule has 1 saturated heterocycles. The molecule has 0 aromatic heterocycles. The van der Waals surface area contributed by atoms with Crippen LogP contribution in [0.5, 0.6) is 0 Å². The van der Waals surface area contributed by atoms with E-state index in [-0.39, 0.29) is 29.0 Å². The van der Waals surface area contributed by atoms with Crippen molar-refractivity contribution in [2.45, 2.75) is 51.4 Å². The van der Waals surface area contributed by atoms with Crippen LogP contribution < -0.4 is 4.90 Å². The van der Waals surface area contributed by atoms with Crippen LogP contribution in [0.25, 0.3) is 0 Å². The lowest BCUT2D eigenvalue weighted by Crippen LogP contribution is -2.46. The van der Waals surface area contributed by atoms with E-state index in [1.54, 1.807) is 44.9 Å². The SMILES string of the molecule is CC(=O)N1CC2(CCN(CCC(CN(C)C(=O)c3cc(C)c(F)c(C)c3)c3ccc(Cl)c(Cl)c3)CC2)c2ccccc21. The number of piperidine rings is 1. The van der Waals surface area contributed by atoms with Gasteiger partial charge in [-0.3, -0.25) is 9.59 Å². The Morgan fingerprint density at radius 2 is 1.67 bits per heavy atom. The first-order valence-corrected chi connectivity index (χ1v) is 15.3. The third-order valence-electron chi connectivity index (χ3n) is 9.15. The number of likely N-dealkylation sites (N-methyl/N-ethyl adjacent to an activating group) is 1. The average molecular weight is 611 g/mol. The van der Waals surface area contributed by atoms with Gasteiger partial charge >= 0.3 is 0 Å². The Morgan fingerprint density at radius 1 is 1.00 bits per heavy atom. The number of benzene rings is 3. The van der Waals surface area contributed by atoms with E-state index >= 15 is 0 Å². The lowest BCUT2D eigenvalue weighted by Gasteiger charge is -2.40.